The molecule has 0 radical (unpaired) electrons. The summed E-state index contributed by atoms with van der Waals surface area (Å²) in [6.07, 6.45) is 1.51. The van der Waals surface area contributed by atoms with E-state index in [-0.39, 0.29) is 22.9 Å². The molecule has 0 spiro atoms. The van der Waals surface area contributed by atoms with Crippen LogP contribution in [0, 0.1) is 0 Å². The SMILES string of the molecule is CC(C)c1ccc(C2/C(=C(/O)c3ccc(Cl)c(Cl)c3)C(=O)C(=O)N2Cc2ccco2)cc1. The lowest BCUT2D eigenvalue weighted by Gasteiger charge is -2.25. The Morgan fingerprint density at radius 2 is 1.78 bits per heavy atom. The van der Waals surface area contributed by atoms with Gasteiger partial charge in [-0.15, -0.1) is 0 Å². The Kier molecular flexibility index (Phi) is 6.13. The Bertz CT molecular complexity index is 1200. The lowest BCUT2D eigenvalue weighted by molar-refractivity contribution is -0.140. The maximum Gasteiger partial charge on any atom is 0.296 e. The highest BCUT2D eigenvalue weighted by Gasteiger charge is 2.46. The van der Waals surface area contributed by atoms with Crippen LogP contribution in [0.15, 0.2) is 70.9 Å². The molecule has 1 amide bonds. The minimum atomic E-state index is -0.782. The summed E-state index contributed by atoms with van der Waals surface area (Å²) in [7, 11) is 0. The quantitative estimate of drug-likeness (QED) is 0.269. The van der Waals surface area contributed by atoms with E-state index in [1.165, 1.54) is 23.3 Å². The zero-order valence-corrected chi connectivity index (χ0v) is 19.0. The summed E-state index contributed by atoms with van der Waals surface area (Å²) in [6, 6.07) is 14.9. The highest BCUT2D eigenvalue weighted by atomic mass is 35.5. The predicted molar refractivity (Wildman–Crippen MR) is 124 cm³/mol. The molecule has 1 fully saturated rings. The molecule has 164 valence electrons. The molecule has 7 heteroatoms. The Morgan fingerprint density at radius 3 is 2.38 bits per heavy atom. The summed E-state index contributed by atoms with van der Waals surface area (Å²) in [5.74, 6) is -0.916. The van der Waals surface area contributed by atoms with Crippen LogP contribution in [0.25, 0.3) is 5.76 Å². The van der Waals surface area contributed by atoms with E-state index in [0.717, 1.165) is 5.56 Å². The molecule has 0 aliphatic carbocycles. The molecule has 5 nitrogen and oxygen atoms in total. The van der Waals surface area contributed by atoms with Crippen LogP contribution in [0.3, 0.4) is 0 Å². The fourth-order valence-electron chi connectivity index (χ4n) is 3.82. The van der Waals surface area contributed by atoms with Crippen LogP contribution >= 0.6 is 23.2 Å². The fraction of sp³-hybridized carbons (Fsp3) is 0.200. The Labute approximate surface area is 195 Å². The monoisotopic (exact) mass is 469 g/mol. The molecule has 3 aromatic rings. The second-order valence-electron chi connectivity index (χ2n) is 7.96. The fourth-order valence-corrected chi connectivity index (χ4v) is 4.12. The van der Waals surface area contributed by atoms with Crippen LogP contribution in [0.2, 0.25) is 10.0 Å². The highest BCUT2D eigenvalue weighted by Crippen LogP contribution is 2.41. The number of hydrogen-bond donors (Lipinski definition) is 1. The van der Waals surface area contributed by atoms with Gasteiger partial charge in [0.1, 0.15) is 11.5 Å². The number of aliphatic hydroxyl groups is 1. The molecule has 1 N–H and O–H groups in total. The molecule has 1 saturated heterocycles. The molecule has 1 aromatic heterocycles. The predicted octanol–water partition coefficient (Wildman–Crippen LogP) is 6.33. The molecule has 32 heavy (non-hydrogen) atoms. The van der Waals surface area contributed by atoms with Crippen molar-refractivity contribution in [2.45, 2.75) is 32.4 Å². The Morgan fingerprint density at radius 1 is 1.06 bits per heavy atom. The van der Waals surface area contributed by atoms with E-state index in [1.54, 1.807) is 18.2 Å². The molecule has 1 unspecified atom stereocenters. The molecule has 2 heterocycles. The molecular formula is C25H21Cl2NO4. The zero-order chi connectivity index (χ0) is 23.0. The first-order chi connectivity index (χ1) is 15.3. The highest BCUT2D eigenvalue weighted by molar-refractivity contribution is 6.46. The van der Waals surface area contributed by atoms with Crippen molar-refractivity contribution in [3.63, 3.8) is 0 Å². The number of furan rings is 1. The number of hydrogen-bond acceptors (Lipinski definition) is 4. The van der Waals surface area contributed by atoms with E-state index in [0.29, 0.717) is 27.8 Å². The van der Waals surface area contributed by atoms with Crippen molar-refractivity contribution in [1.82, 2.24) is 4.90 Å². The number of ketones is 1. The Balaban J connectivity index is 1.86. The molecule has 1 aliphatic heterocycles. The Hall–Kier alpha value is -3.02. The second-order valence-corrected chi connectivity index (χ2v) is 8.77. The number of halogens is 2. The maximum absolute atomic E-state index is 13.1. The number of carbonyl (C=O) groups excluding carboxylic acids is 2. The first-order valence-corrected chi connectivity index (χ1v) is 10.9. The van der Waals surface area contributed by atoms with Crippen molar-refractivity contribution in [2.75, 3.05) is 0 Å². The van der Waals surface area contributed by atoms with Crippen LogP contribution in [-0.4, -0.2) is 21.7 Å². The summed E-state index contributed by atoms with van der Waals surface area (Å²) >= 11 is 12.1. The number of aliphatic hydroxyl groups excluding tert-OH is 1. The van der Waals surface area contributed by atoms with Crippen LogP contribution in [-0.2, 0) is 16.1 Å². The number of Topliss-reactive ketones (excluding diaryl/α,β-unsaturated/α-hetero) is 1. The van der Waals surface area contributed by atoms with Crippen molar-refractivity contribution in [3.8, 4) is 0 Å². The molecule has 1 atom stereocenters. The first kappa shape index (κ1) is 22.2. The standard InChI is InChI=1S/C25H21Cl2NO4/c1-14(2)15-5-7-16(8-6-15)22-21(23(29)17-9-10-19(26)20(27)12-17)24(30)25(31)28(22)13-18-4-3-11-32-18/h3-12,14,22,29H,13H2,1-2H3/b23-21-. The molecule has 0 saturated carbocycles. The second kappa shape index (κ2) is 8.85. The minimum Gasteiger partial charge on any atom is -0.507 e. The van der Waals surface area contributed by atoms with Crippen molar-refractivity contribution >= 4 is 40.7 Å². The van der Waals surface area contributed by atoms with Gasteiger partial charge in [0.2, 0.25) is 0 Å². The average Bonchev–Trinajstić information content (AvgIpc) is 3.37. The van der Waals surface area contributed by atoms with Gasteiger partial charge in [-0.3, -0.25) is 9.59 Å². The summed E-state index contributed by atoms with van der Waals surface area (Å²) in [4.78, 5) is 27.5. The van der Waals surface area contributed by atoms with E-state index < -0.39 is 17.7 Å². The first-order valence-electron chi connectivity index (χ1n) is 10.1. The van der Waals surface area contributed by atoms with Crippen molar-refractivity contribution in [2.24, 2.45) is 0 Å². The van der Waals surface area contributed by atoms with Gasteiger partial charge in [0, 0.05) is 5.56 Å². The summed E-state index contributed by atoms with van der Waals surface area (Å²) in [5, 5.41) is 11.7. The van der Waals surface area contributed by atoms with E-state index in [2.05, 4.69) is 13.8 Å². The van der Waals surface area contributed by atoms with Crippen molar-refractivity contribution in [1.29, 1.82) is 0 Å². The lowest BCUT2D eigenvalue weighted by Crippen LogP contribution is -2.29. The van der Waals surface area contributed by atoms with Gasteiger partial charge in [-0.25, -0.2) is 0 Å². The molecule has 2 aromatic carbocycles. The van der Waals surface area contributed by atoms with Gasteiger partial charge >= 0.3 is 0 Å². The van der Waals surface area contributed by atoms with Crippen molar-refractivity contribution < 1.29 is 19.1 Å². The minimum absolute atomic E-state index is 0.00255. The number of likely N-dealkylation sites (tertiary alicyclic amines) is 1. The van der Waals surface area contributed by atoms with Crippen LogP contribution in [0.4, 0.5) is 0 Å². The average molecular weight is 470 g/mol. The molecule has 4 rings (SSSR count). The van der Waals surface area contributed by atoms with E-state index >= 15 is 0 Å². The number of carbonyl (C=O) groups is 2. The third-order valence-corrected chi connectivity index (χ3v) is 6.30. The third-order valence-electron chi connectivity index (χ3n) is 5.56. The molecule has 1 aliphatic rings. The van der Waals surface area contributed by atoms with Gasteiger partial charge in [-0.05, 0) is 47.4 Å². The van der Waals surface area contributed by atoms with Crippen LogP contribution in [0.5, 0.6) is 0 Å². The zero-order valence-electron chi connectivity index (χ0n) is 17.5. The molecule has 0 bridgehead atoms. The van der Waals surface area contributed by atoms with Gasteiger partial charge in [0.15, 0.2) is 0 Å². The van der Waals surface area contributed by atoms with E-state index in [9.17, 15) is 14.7 Å². The number of rotatable bonds is 5. The van der Waals surface area contributed by atoms with Crippen LogP contribution in [0.1, 0.15) is 48.3 Å². The van der Waals surface area contributed by atoms with Crippen LogP contribution < -0.4 is 0 Å². The van der Waals surface area contributed by atoms with Crippen molar-refractivity contribution in [3.05, 3.63) is 98.9 Å². The largest absolute Gasteiger partial charge is 0.507 e. The molecular weight excluding hydrogens is 449 g/mol. The van der Waals surface area contributed by atoms with Gasteiger partial charge < -0.3 is 14.4 Å². The normalized spacial score (nSPS) is 18.0. The summed E-state index contributed by atoms with van der Waals surface area (Å²) < 4.78 is 5.41. The van der Waals surface area contributed by atoms with Gasteiger partial charge in [0.05, 0.1) is 34.5 Å². The number of amides is 1. The van der Waals surface area contributed by atoms with Gasteiger partial charge in [-0.1, -0.05) is 61.3 Å². The maximum atomic E-state index is 13.1. The topological polar surface area (TPSA) is 70.8 Å². The summed E-state index contributed by atoms with van der Waals surface area (Å²) in [6.45, 7) is 4.26. The van der Waals surface area contributed by atoms with Gasteiger partial charge in [-0.2, -0.15) is 0 Å². The lowest BCUT2D eigenvalue weighted by atomic mass is 9.93. The third kappa shape index (κ3) is 4.06. The number of benzene rings is 2. The smallest absolute Gasteiger partial charge is 0.296 e. The van der Waals surface area contributed by atoms with Gasteiger partial charge in [0.25, 0.3) is 11.7 Å². The van der Waals surface area contributed by atoms with E-state index in [1.807, 2.05) is 24.3 Å². The summed E-state index contributed by atoms with van der Waals surface area (Å²) in [5.41, 5.74) is 2.14. The number of nitrogens with zero attached hydrogens (tertiary/aromatic N) is 1. The van der Waals surface area contributed by atoms with E-state index in [4.69, 9.17) is 27.6 Å².